The van der Waals surface area contributed by atoms with E-state index in [0.717, 1.165) is 24.9 Å². The van der Waals surface area contributed by atoms with Gasteiger partial charge in [0, 0.05) is 19.1 Å². The van der Waals surface area contributed by atoms with Crippen LogP contribution in [-0.4, -0.2) is 37.1 Å². The van der Waals surface area contributed by atoms with Crippen molar-refractivity contribution in [1.82, 2.24) is 10.2 Å². The van der Waals surface area contributed by atoms with Crippen LogP contribution in [0.15, 0.2) is 0 Å². The lowest BCUT2D eigenvalue weighted by Gasteiger charge is -2.35. The van der Waals surface area contributed by atoms with Crippen LogP contribution < -0.4 is 5.32 Å². The van der Waals surface area contributed by atoms with Crippen LogP contribution in [0.1, 0.15) is 48.5 Å². The second-order valence-electron chi connectivity index (χ2n) is 6.27. The minimum atomic E-state index is 0.666. The second kappa shape index (κ2) is 8.93. The van der Waals surface area contributed by atoms with Gasteiger partial charge in [-0.1, -0.05) is 41.5 Å². The van der Waals surface area contributed by atoms with E-state index in [-0.39, 0.29) is 0 Å². The Kier molecular flexibility index (Phi) is 8.89. The van der Waals surface area contributed by atoms with Crippen LogP contribution in [-0.2, 0) is 0 Å². The van der Waals surface area contributed by atoms with E-state index in [1.807, 2.05) is 0 Å². The number of rotatable bonds is 9. The van der Waals surface area contributed by atoms with Gasteiger partial charge in [-0.3, -0.25) is 4.90 Å². The van der Waals surface area contributed by atoms with Crippen molar-refractivity contribution in [3.63, 3.8) is 0 Å². The molecule has 0 amide bonds. The van der Waals surface area contributed by atoms with Crippen LogP contribution in [0.3, 0.4) is 0 Å². The number of nitrogens with zero attached hydrogens (tertiary/aromatic N) is 1. The molecule has 0 heterocycles. The average Bonchev–Trinajstić information content (AvgIpc) is 2.22. The van der Waals surface area contributed by atoms with Crippen LogP contribution >= 0.6 is 0 Å². The summed E-state index contributed by atoms with van der Waals surface area (Å²) in [5.41, 5.74) is 0. The summed E-state index contributed by atoms with van der Waals surface area (Å²) in [7, 11) is 0. The summed E-state index contributed by atoms with van der Waals surface area (Å²) in [4.78, 5) is 2.66. The molecule has 0 radical (unpaired) electrons. The van der Waals surface area contributed by atoms with E-state index < -0.39 is 0 Å². The molecule has 0 spiro atoms. The van der Waals surface area contributed by atoms with Crippen molar-refractivity contribution in [2.24, 2.45) is 17.8 Å². The summed E-state index contributed by atoms with van der Waals surface area (Å²) >= 11 is 0. The molecular weight excluding hydrogens is 208 g/mol. The van der Waals surface area contributed by atoms with Gasteiger partial charge in [0.05, 0.1) is 0 Å². The predicted octanol–water partition coefficient (Wildman–Crippen LogP) is 3.23. The molecule has 0 aromatic rings. The van der Waals surface area contributed by atoms with Gasteiger partial charge in [0.2, 0.25) is 0 Å². The summed E-state index contributed by atoms with van der Waals surface area (Å²) in [5.74, 6) is 2.22. The first-order valence-corrected chi connectivity index (χ1v) is 7.33. The van der Waals surface area contributed by atoms with Crippen LogP contribution in [0.4, 0.5) is 0 Å². The summed E-state index contributed by atoms with van der Waals surface area (Å²) in [6.07, 6.45) is 0. The van der Waals surface area contributed by atoms with E-state index in [1.54, 1.807) is 0 Å². The largest absolute Gasteiger partial charge is 0.317 e. The fraction of sp³-hybridized carbons (Fsp3) is 1.00. The third-order valence-corrected chi connectivity index (χ3v) is 3.32. The Hall–Kier alpha value is -0.0800. The zero-order valence-electron chi connectivity index (χ0n) is 13.1. The zero-order valence-corrected chi connectivity index (χ0v) is 13.1. The molecule has 0 aliphatic rings. The molecule has 0 aliphatic heterocycles. The van der Waals surface area contributed by atoms with Crippen molar-refractivity contribution in [3.8, 4) is 0 Å². The fourth-order valence-corrected chi connectivity index (χ4v) is 2.25. The third-order valence-electron chi connectivity index (χ3n) is 3.32. The lowest BCUT2D eigenvalue weighted by atomic mass is 9.99. The maximum Gasteiger partial charge on any atom is 0.0105 e. The van der Waals surface area contributed by atoms with E-state index in [9.17, 15) is 0 Å². The molecule has 2 atom stereocenters. The van der Waals surface area contributed by atoms with Crippen molar-refractivity contribution in [1.29, 1.82) is 0 Å². The minimum absolute atomic E-state index is 0.666. The Morgan fingerprint density at radius 3 is 1.71 bits per heavy atom. The van der Waals surface area contributed by atoms with Crippen molar-refractivity contribution in [2.75, 3.05) is 26.2 Å². The Labute approximate surface area is 109 Å². The Bertz CT molecular complexity index is 168. The molecule has 2 unspecified atom stereocenters. The van der Waals surface area contributed by atoms with Crippen molar-refractivity contribution < 1.29 is 0 Å². The van der Waals surface area contributed by atoms with Gasteiger partial charge in [0.15, 0.2) is 0 Å². The average molecular weight is 242 g/mol. The van der Waals surface area contributed by atoms with Gasteiger partial charge in [-0.05, 0) is 37.8 Å². The van der Waals surface area contributed by atoms with Crippen molar-refractivity contribution in [3.05, 3.63) is 0 Å². The quantitative estimate of drug-likeness (QED) is 0.668. The lowest BCUT2D eigenvalue weighted by Crippen LogP contribution is -2.44. The SMILES string of the molecule is CCNCC(C)C(C)N(CC(C)C)CC(C)C. The lowest BCUT2D eigenvalue weighted by molar-refractivity contribution is 0.128. The molecule has 0 saturated carbocycles. The normalized spacial score (nSPS) is 15.9. The first-order valence-electron chi connectivity index (χ1n) is 7.33. The van der Waals surface area contributed by atoms with Gasteiger partial charge in [-0.25, -0.2) is 0 Å². The van der Waals surface area contributed by atoms with Gasteiger partial charge < -0.3 is 5.32 Å². The monoisotopic (exact) mass is 242 g/mol. The summed E-state index contributed by atoms with van der Waals surface area (Å²) in [6, 6.07) is 0.666. The first kappa shape index (κ1) is 16.9. The van der Waals surface area contributed by atoms with Gasteiger partial charge >= 0.3 is 0 Å². The molecule has 0 bridgehead atoms. The standard InChI is InChI=1S/C15H34N2/c1-8-16-9-14(6)15(7)17(10-12(2)3)11-13(4)5/h12-16H,8-11H2,1-7H3. The molecule has 0 aliphatic carbocycles. The van der Waals surface area contributed by atoms with Gasteiger partial charge in [-0.15, -0.1) is 0 Å². The summed E-state index contributed by atoms with van der Waals surface area (Å²) in [6.45, 7) is 20.8. The highest BCUT2D eigenvalue weighted by Gasteiger charge is 2.21. The number of hydrogen-bond acceptors (Lipinski definition) is 2. The molecule has 2 nitrogen and oxygen atoms in total. The van der Waals surface area contributed by atoms with E-state index in [4.69, 9.17) is 0 Å². The molecule has 0 fully saturated rings. The van der Waals surface area contributed by atoms with E-state index in [2.05, 4.69) is 58.7 Å². The van der Waals surface area contributed by atoms with Gasteiger partial charge in [-0.2, -0.15) is 0 Å². The van der Waals surface area contributed by atoms with Crippen LogP contribution in [0, 0.1) is 17.8 Å². The first-order chi connectivity index (χ1) is 7.88. The van der Waals surface area contributed by atoms with Gasteiger partial charge in [0.25, 0.3) is 0 Å². The van der Waals surface area contributed by atoms with E-state index >= 15 is 0 Å². The van der Waals surface area contributed by atoms with E-state index in [0.29, 0.717) is 12.0 Å². The van der Waals surface area contributed by atoms with Crippen molar-refractivity contribution in [2.45, 2.75) is 54.5 Å². The van der Waals surface area contributed by atoms with Gasteiger partial charge in [0.1, 0.15) is 0 Å². The smallest absolute Gasteiger partial charge is 0.0105 e. The topological polar surface area (TPSA) is 15.3 Å². The Morgan fingerprint density at radius 2 is 1.35 bits per heavy atom. The second-order valence-corrected chi connectivity index (χ2v) is 6.27. The molecule has 17 heavy (non-hydrogen) atoms. The third kappa shape index (κ3) is 7.77. The van der Waals surface area contributed by atoms with Crippen LogP contribution in [0.5, 0.6) is 0 Å². The summed E-state index contributed by atoms with van der Waals surface area (Å²) < 4.78 is 0. The molecule has 0 aromatic heterocycles. The molecule has 1 N–H and O–H groups in total. The molecular formula is C15H34N2. The van der Waals surface area contributed by atoms with E-state index in [1.165, 1.54) is 13.1 Å². The predicted molar refractivity (Wildman–Crippen MR) is 78.4 cm³/mol. The Morgan fingerprint density at radius 1 is 0.882 bits per heavy atom. The maximum atomic E-state index is 3.46. The summed E-state index contributed by atoms with van der Waals surface area (Å²) in [5, 5.41) is 3.46. The fourth-order valence-electron chi connectivity index (χ4n) is 2.25. The number of nitrogens with one attached hydrogen (secondary N) is 1. The highest BCUT2D eigenvalue weighted by Crippen LogP contribution is 2.14. The maximum absolute atomic E-state index is 3.46. The van der Waals surface area contributed by atoms with Crippen LogP contribution in [0.25, 0.3) is 0 Å². The molecule has 0 rings (SSSR count). The van der Waals surface area contributed by atoms with Crippen molar-refractivity contribution >= 4 is 0 Å². The number of hydrogen-bond donors (Lipinski definition) is 1. The van der Waals surface area contributed by atoms with Crippen LogP contribution in [0.2, 0.25) is 0 Å². The molecule has 0 saturated heterocycles. The molecule has 0 aromatic carbocycles. The zero-order chi connectivity index (χ0) is 13.4. The molecule has 104 valence electrons. The molecule has 2 heteroatoms. The Balaban J connectivity index is 4.33. The highest BCUT2D eigenvalue weighted by atomic mass is 15.2. The minimum Gasteiger partial charge on any atom is -0.317 e. The highest BCUT2D eigenvalue weighted by molar-refractivity contribution is 4.76.